The van der Waals surface area contributed by atoms with E-state index in [9.17, 15) is 4.79 Å². The van der Waals surface area contributed by atoms with Crippen LogP contribution in [-0.4, -0.2) is 6.03 Å². The molecule has 78 valence electrons. The maximum absolute atomic E-state index is 10.6. The third-order valence-electron chi connectivity index (χ3n) is 1.97. The van der Waals surface area contributed by atoms with Crippen LogP contribution in [0.2, 0.25) is 0 Å². The minimum atomic E-state index is -0.492. The first kappa shape index (κ1) is 10.4. The fourth-order valence-electron chi connectivity index (χ4n) is 1.33. The molecule has 15 heavy (non-hydrogen) atoms. The second kappa shape index (κ2) is 4.20. The number of amides is 2. The van der Waals surface area contributed by atoms with Crippen molar-refractivity contribution in [2.75, 3.05) is 0 Å². The molecule has 2 rings (SSSR count). The minimum Gasteiger partial charge on any atom is -0.352 e. The van der Waals surface area contributed by atoms with Gasteiger partial charge in [-0.3, -0.25) is 0 Å². The first-order valence-corrected chi connectivity index (χ1v) is 5.97. The summed E-state index contributed by atoms with van der Waals surface area (Å²) >= 11 is 5.08. The van der Waals surface area contributed by atoms with Gasteiger partial charge in [-0.25, -0.2) is 4.79 Å². The van der Waals surface area contributed by atoms with Crippen molar-refractivity contribution in [3.05, 3.63) is 33.6 Å². The zero-order chi connectivity index (χ0) is 10.8. The lowest BCUT2D eigenvalue weighted by molar-refractivity contribution is 0.248. The molecule has 0 aliphatic heterocycles. The van der Waals surface area contributed by atoms with Crippen LogP contribution in [0.15, 0.2) is 28.7 Å². The summed E-state index contributed by atoms with van der Waals surface area (Å²) in [6.07, 6.45) is 0. The zero-order valence-corrected chi connectivity index (χ0v) is 10.2. The Hall–Kier alpha value is -1.07. The van der Waals surface area contributed by atoms with Crippen molar-refractivity contribution in [1.29, 1.82) is 0 Å². The Balaban J connectivity index is 2.27. The predicted octanol–water partition coefficient (Wildman–Crippen LogP) is 2.83. The number of fused-ring (bicyclic) bond motifs is 1. The second-order valence-corrected chi connectivity index (χ2v) is 5.20. The van der Waals surface area contributed by atoms with E-state index < -0.39 is 6.03 Å². The number of benzene rings is 1. The van der Waals surface area contributed by atoms with Crippen molar-refractivity contribution >= 4 is 43.4 Å². The molecule has 0 unspecified atom stereocenters. The van der Waals surface area contributed by atoms with E-state index in [1.165, 1.54) is 10.1 Å². The van der Waals surface area contributed by atoms with Crippen molar-refractivity contribution in [2.24, 2.45) is 5.73 Å². The molecule has 0 saturated carbocycles. The minimum absolute atomic E-state index is 0.492. The first-order chi connectivity index (χ1) is 7.15. The molecule has 3 N–H and O–H groups in total. The van der Waals surface area contributed by atoms with Gasteiger partial charge in [-0.15, -0.1) is 11.3 Å². The van der Waals surface area contributed by atoms with E-state index in [4.69, 9.17) is 5.73 Å². The van der Waals surface area contributed by atoms with Crippen LogP contribution in [0.4, 0.5) is 4.79 Å². The molecular weight excluding hydrogens is 276 g/mol. The van der Waals surface area contributed by atoms with Crippen LogP contribution < -0.4 is 11.1 Å². The summed E-state index contributed by atoms with van der Waals surface area (Å²) in [6, 6.07) is 7.68. The second-order valence-electron chi connectivity index (χ2n) is 3.11. The van der Waals surface area contributed by atoms with Gasteiger partial charge in [0.05, 0.1) is 6.54 Å². The van der Waals surface area contributed by atoms with Gasteiger partial charge < -0.3 is 11.1 Å². The summed E-state index contributed by atoms with van der Waals surface area (Å²) in [5, 5.41) is 3.75. The van der Waals surface area contributed by atoms with E-state index in [1.54, 1.807) is 11.3 Å². The molecule has 0 saturated heterocycles. The van der Waals surface area contributed by atoms with Gasteiger partial charge in [0.2, 0.25) is 0 Å². The number of rotatable bonds is 2. The Kier molecular flexibility index (Phi) is 2.93. The zero-order valence-electron chi connectivity index (χ0n) is 7.79. The average molecular weight is 285 g/mol. The highest BCUT2D eigenvalue weighted by atomic mass is 79.9. The number of nitrogens with one attached hydrogen (secondary N) is 1. The van der Waals surface area contributed by atoms with Gasteiger partial charge in [0.15, 0.2) is 0 Å². The molecule has 0 radical (unpaired) electrons. The fraction of sp³-hybridized carbons (Fsp3) is 0.100. The molecule has 0 spiro atoms. The number of carbonyl (C=O) groups is 1. The molecule has 0 fully saturated rings. The molecule has 2 amide bonds. The SMILES string of the molecule is NC(=O)NCc1cc2cc(Br)ccc2s1. The van der Waals surface area contributed by atoms with E-state index in [1.807, 2.05) is 6.07 Å². The fourth-order valence-corrected chi connectivity index (χ4v) is 2.69. The maximum Gasteiger partial charge on any atom is 0.312 e. The van der Waals surface area contributed by atoms with Crippen LogP contribution in [0.3, 0.4) is 0 Å². The maximum atomic E-state index is 10.6. The number of urea groups is 1. The number of hydrogen-bond donors (Lipinski definition) is 2. The van der Waals surface area contributed by atoms with Gasteiger partial charge in [-0.2, -0.15) is 0 Å². The van der Waals surface area contributed by atoms with Crippen molar-refractivity contribution in [2.45, 2.75) is 6.54 Å². The number of carbonyl (C=O) groups excluding carboxylic acids is 1. The Labute approximate surface area is 99.4 Å². The Morgan fingerprint density at radius 2 is 2.27 bits per heavy atom. The summed E-state index contributed by atoms with van der Waals surface area (Å²) in [4.78, 5) is 11.6. The van der Waals surface area contributed by atoms with Crippen LogP contribution in [0, 0.1) is 0 Å². The standard InChI is InChI=1S/C10H9BrN2OS/c11-7-1-2-9-6(3-7)4-8(15-9)5-13-10(12)14/h1-4H,5H2,(H3,12,13,14). The lowest BCUT2D eigenvalue weighted by Crippen LogP contribution is -2.28. The van der Waals surface area contributed by atoms with Crippen LogP contribution in [0.1, 0.15) is 4.88 Å². The van der Waals surface area contributed by atoms with E-state index in [-0.39, 0.29) is 0 Å². The number of thiophene rings is 1. The third kappa shape index (κ3) is 2.49. The largest absolute Gasteiger partial charge is 0.352 e. The van der Waals surface area contributed by atoms with Crippen molar-refractivity contribution in [3.8, 4) is 0 Å². The third-order valence-corrected chi connectivity index (χ3v) is 3.58. The Morgan fingerprint density at radius 3 is 3.00 bits per heavy atom. The van der Waals surface area contributed by atoms with Crippen LogP contribution >= 0.6 is 27.3 Å². The average Bonchev–Trinajstić information content (AvgIpc) is 2.56. The lowest BCUT2D eigenvalue weighted by Gasteiger charge is -1.95. The highest BCUT2D eigenvalue weighted by Gasteiger charge is 2.02. The van der Waals surface area contributed by atoms with Gasteiger partial charge >= 0.3 is 6.03 Å². The van der Waals surface area contributed by atoms with E-state index in [0.717, 1.165) is 9.35 Å². The van der Waals surface area contributed by atoms with Gasteiger partial charge in [0.25, 0.3) is 0 Å². The number of nitrogens with two attached hydrogens (primary N) is 1. The molecule has 3 nitrogen and oxygen atoms in total. The lowest BCUT2D eigenvalue weighted by atomic mass is 10.2. The van der Waals surface area contributed by atoms with Gasteiger partial charge in [-0.05, 0) is 29.7 Å². The Bertz CT molecular complexity index is 509. The van der Waals surface area contributed by atoms with E-state index in [2.05, 4.69) is 39.4 Å². The monoisotopic (exact) mass is 284 g/mol. The topological polar surface area (TPSA) is 55.1 Å². The first-order valence-electron chi connectivity index (χ1n) is 4.36. The van der Waals surface area contributed by atoms with Crippen molar-refractivity contribution in [3.63, 3.8) is 0 Å². The smallest absolute Gasteiger partial charge is 0.312 e. The normalized spacial score (nSPS) is 10.5. The number of hydrogen-bond acceptors (Lipinski definition) is 2. The molecule has 0 atom stereocenters. The molecule has 1 aromatic carbocycles. The molecule has 5 heteroatoms. The molecule has 0 aliphatic carbocycles. The van der Waals surface area contributed by atoms with Crippen LogP contribution in [0.25, 0.3) is 10.1 Å². The molecule has 1 aromatic heterocycles. The van der Waals surface area contributed by atoms with Gasteiger partial charge in [0.1, 0.15) is 0 Å². The quantitative estimate of drug-likeness (QED) is 0.875. The summed E-state index contributed by atoms with van der Waals surface area (Å²) < 4.78 is 2.27. The summed E-state index contributed by atoms with van der Waals surface area (Å²) in [6.45, 7) is 0.492. The predicted molar refractivity (Wildman–Crippen MR) is 65.9 cm³/mol. The summed E-state index contributed by atoms with van der Waals surface area (Å²) in [5.74, 6) is 0. The summed E-state index contributed by atoms with van der Waals surface area (Å²) in [5.41, 5.74) is 5.01. The van der Waals surface area contributed by atoms with E-state index >= 15 is 0 Å². The van der Waals surface area contributed by atoms with Crippen molar-refractivity contribution in [1.82, 2.24) is 5.32 Å². The summed E-state index contributed by atoms with van der Waals surface area (Å²) in [7, 11) is 0. The molecule has 2 aromatic rings. The highest BCUT2D eigenvalue weighted by Crippen LogP contribution is 2.28. The van der Waals surface area contributed by atoms with Gasteiger partial charge in [0, 0.05) is 14.0 Å². The molecule has 1 heterocycles. The highest BCUT2D eigenvalue weighted by molar-refractivity contribution is 9.10. The van der Waals surface area contributed by atoms with Crippen LogP contribution in [0.5, 0.6) is 0 Å². The van der Waals surface area contributed by atoms with E-state index in [0.29, 0.717) is 6.54 Å². The molecule has 0 aliphatic rings. The molecule has 0 bridgehead atoms. The number of halogens is 1. The van der Waals surface area contributed by atoms with Crippen LogP contribution in [-0.2, 0) is 6.54 Å². The molecular formula is C10H9BrN2OS. The van der Waals surface area contributed by atoms with Crippen molar-refractivity contribution < 1.29 is 4.79 Å². The number of primary amides is 1. The Morgan fingerprint density at radius 1 is 1.47 bits per heavy atom. The van der Waals surface area contributed by atoms with Gasteiger partial charge in [-0.1, -0.05) is 15.9 Å².